The van der Waals surface area contributed by atoms with Crippen LogP contribution in [0.1, 0.15) is 55.5 Å². The molecule has 1 fully saturated rings. The third-order valence-corrected chi connectivity index (χ3v) is 7.62. The summed E-state index contributed by atoms with van der Waals surface area (Å²) >= 11 is 0. The Bertz CT molecular complexity index is 1370. The van der Waals surface area contributed by atoms with Crippen molar-refractivity contribution in [1.82, 2.24) is 9.96 Å². The zero-order valence-corrected chi connectivity index (χ0v) is 22.1. The lowest BCUT2D eigenvalue weighted by Gasteiger charge is -2.32. The van der Waals surface area contributed by atoms with E-state index in [0.29, 0.717) is 30.8 Å². The first-order valence-electron chi connectivity index (χ1n) is 12.8. The Labute approximate surface area is 222 Å². The number of carbonyl (C=O) groups excluding carboxylic acids is 1. The number of nitrogens with zero attached hydrogens (tertiary/aromatic N) is 2. The van der Waals surface area contributed by atoms with E-state index in [4.69, 9.17) is 0 Å². The monoisotopic (exact) mass is 513 g/mol. The number of fused-ring (bicyclic) bond motifs is 1. The van der Waals surface area contributed by atoms with Gasteiger partial charge in [0.2, 0.25) is 0 Å². The second-order valence-corrected chi connectivity index (χ2v) is 11.2. The van der Waals surface area contributed by atoms with Crippen LogP contribution in [0.5, 0.6) is 0 Å². The molecule has 0 spiro atoms. The van der Waals surface area contributed by atoms with Gasteiger partial charge >= 0.3 is 0 Å². The second kappa shape index (κ2) is 9.70. The van der Waals surface area contributed by atoms with E-state index >= 15 is 0 Å². The number of hydroxylamine groups is 2. The van der Waals surface area contributed by atoms with E-state index < -0.39 is 11.1 Å². The lowest BCUT2D eigenvalue weighted by atomic mass is 9.89. The smallest absolute Gasteiger partial charge is 0.187 e. The number of piperidine rings is 1. The first-order chi connectivity index (χ1) is 17.9. The summed E-state index contributed by atoms with van der Waals surface area (Å²) < 4.78 is 26.9. The van der Waals surface area contributed by atoms with Crippen LogP contribution < -0.4 is 0 Å². The molecule has 0 unspecified atom stereocenters. The first kappa shape index (κ1) is 26.2. The Morgan fingerprint density at radius 2 is 1.21 bits per heavy atom. The van der Waals surface area contributed by atoms with Crippen LogP contribution in [-0.4, -0.2) is 28.8 Å². The van der Waals surface area contributed by atoms with E-state index in [1.165, 1.54) is 29.3 Å². The molecule has 38 heavy (non-hydrogen) atoms. The summed E-state index contributed by atoms with van der Waals surface area (Å²) in [5.74, 6) is -0.742. The van der Waals surface area contributed by atoms with Crippen LogP contribution in [0.25, 0.3) is 12.2 Å². The van der Waals surface area contributed by atoms with Crippen molar-refractivity contribution in [1.29, 1.82) is 0 Å². The van der Waals surface area contributed by atoms with E-state index in [1.54, 1.807) is 36.4 Å². The number of hydrogen-bond donors (Lipinski definition) is 0. The lowest BCUT2D eigenvalue weighted by molar-refractivity contribution is -0.266. The molecule has 2 aliphatic heterocycles. The lowest BCUT2D eigenvalue weighted by Crippen LogP contribution is -2.41. The van der Waals surface area contributed by atoms with Crippen molar-refractivity contribution < 1.29 is 18.8 Å². The average Bonchev–Trinajstić information content (AvgIpc) is 3.01. The van der Waals surface area contributed by atoms with Crippen LogP contribution in [0.15, 0.2) is 77.9 Å². The first-order valence-corrected chi connectivity index (χ1v) is 12.8. The summed E-state index contributed by atoms with van der Waals surface area (Å²) in [6, 6.07) is 18.3. The summed E-state index contributed by atoms with van der Waals surface area (Å²) in [5, 5.41) is 14.2. The molecule has 3 aromatic carbocycles. The van der Waals surface area contributed by atoms with Crippen molar-refractivity contribution >= 4 is 17.9 Å². The van der Waals surface area contributed by atoms with Gasteiger partial charge in [-0.05, 0) is 91.9 Å². The molecule has 6 heteroatoms. The van der Waals surface area contributed by atoms with Gasteiger partial charge in [0.25, 0.3) is 0 Å². The van der Waals surface area contributed by atoms with Crippen LogP contribution in [0.3, 0.4) is 0 Å². The second-order valence-electron chi connectivity index (χ2n) is 11.2. The molecule has 0 amide bonds. The third-order valence-electron chi connectivity index (χ3n) is 7.62. The fourth-order valence-corrected chi connectivity index (χ4v) is 5.65. The highest BCUT2D eigenvalue weighted by Gasteiger charge is 2.50. The summed E-state index contributed by atoms with van der Waals surface area (Å²) in [5.41, 5.74) is 4.55. The minimum atomic E-state index is -0.645. The molecule has 0 bridgehead atoms. The molecule has 0 aromatic heterocycles. The van der Waals surface area contributed by atoms with Crippen molar-refractivity contribution in [3.8, 4) is 0 Å². The number of Topliss-reactive ketones (excluding diaryl/α,β-unsaturated/α-hetero) is 1. The predicted octanol–water partition coefficient (Wildman–Crippen LogP) is 6.65. The number of likely N-dealkylation sites (tertiary alicyclic amines) is 1. The maximum atomic E-state index is 13.5. The quantitative estimate of drug-likeness (QED) is 0.367. The van der Waals surface area contributed by atoms with Gasteiger partial charge in [-0.2, -0.15) is 0 Å². The van der Waals surface area contributed by atoms with Crippen molar-refractivity contribution in [2.45, 2.75) is 45.3 Å². The fraction of sp³-hybridized carbons (Fsp3) is 0.281. The Hall–Kier alpha value is -3.45. The van der Waals surface area contributed by atoms with Crippen LogP contribution in [0.2, 0.25) is 0 Å². The minimum absolute atomic E-state index is 0.0752. The maximum absolute atomic E-state index is 13.5. The van der Waals surface area contributed by atoms with Gasteiger partial charge in [-0.3, -0.25) is 9.69 Å². The Morgan fingerprint density at radius 3 is 1.71 bits per heavy atom. The predicted molar refractivity (Wildman–Crippen MR) is 144 cm³/mol. The van der Waals surface area contributed by atoms with Gasteiger partial charge < -0.3 is 0 Å². The highest BCUT2D eigenvalue weighted by molar-refractivity contribution is 6.14. The Kier molecular flexibility index (Phi) is 6.68. The summed E-state index contributed by atoms with van der Waals surface area (Å²) in [7, 11) is 0. The highest BCUT2D eigenvalue weighted by atomic mass is 19.1. The average molecular weight is 514 g/mol. The van der Waals surface area contributed by atoms with Gasteiger partial charge in [0, 0.05) is 30.8 Å². The molecular formula is C32H31F2N2O2. The normalized spacial score (nSPS) is 21.3. The zero-order valence-electron chi connectivity index (χ0n) is 22.1. The Balaban J connectivity index is 1.49. The third kappa shape index (κ3) is 4.87. The summed E-state index contributed by atoms with van der Waals surface area (Å²) in [4.78, 5) is 15.6. The van der Waals surface area contributed by atoms with E-state index in [2.05, 4.69) is 17.0 Å². The summed E-state index contributed by atoms with van der Waals surface area (Å²) in [6.07, 6.45) is 3.60. The molecular weight excluding hydrogens is 482 g/mol. The topological polar surface area (TPSA) is 43.5 Å². The van der Waals surface area contributed by atoms with E-state index in [-0.39, 0.29) is 17.4 Å². The van der Waals surface area contributed by atoms with Crippen molar-refractivity contribution in [2.24, 2.45) is 0 Å². The fourth-order valence-electron chi connectivity index (χ4n) is 5.65. The summed E-state index contributed by atoms with van der Waals surface area (Å²) in [6.45, 7) is 9.23. The molecule has 1 saturated heterocycles. The van der Waals surface area contributed by atoms with Crippen LogP contribution in [0.4, 0.5) is 8.78 Å². The van der Waals surface area contributed by atoms with Crippen LogP contribution in [0, 0.1) is 11.6 Å². The van der Waals surface area contributed by atoms with Crippen molar-refractivity contribution in [3.05, 3.63) is 117 Å². The SMILES string of the molecule is CC1(C)c2ccc(CN3C/C(=C\c4ccc(F)cc4)C(=O)/C(=C/c4ccc(F)cc4)C3)cc2C(C)(C)N1[O]. The molecule has 2 heterocycles. The number of carbonyl (C=O) groups is 1. The molecule has 0 aliphatic carbocycles. The number of halogens is 2. The van der Waals surface area contributed by atoms with Crippen LogP contribution in [-0.2, 0) is 27.6 Å². The van der Waals surface area contributed by atoms with Gasteiger partial charge in [0.1, 0.15) is 11.6 Å². The molecule has 0 N–H and O–H groups in total. The molecule has 4 nitrogen and oxygen atoms in total. The molecule has 0 atom stereocenters. The number of benzene rings is 3. The van der Waals surface area contributed by atoms with Gasteiger partial charge in [-0.1, -0.05) is 42.5 Å². The van der Waals surface area contributed by atoms with E-state index in [9.17, 15) is 18.8 Å². The van der Waals surface area contributed by atoms with Crippen LogP contribution >= 0.6 is 0 Å². The molecule has 1 radical (unpaired) electrons. The van der Waals surface area contributed by atoms with Gasteiger partial charge in [0.05, 0.1) is 11.1 Å². The van der Waals surface area contributed by atoms with Gasteiger partial charge in [0.15, 0.2) is 5.78 Å². The highest BCUT2D eigenvalue weighted by Crippen LogP contribution is 2.48. The standard InChI is InChI=1S/C32H31F2N2O2/c1-31(2)28-14-9-23(17-29(28)32(3,4)36(31)38)18-35-19-24(15-21-5-10-26(33)11-6-21)30(37)25(20-35)16-22-7-12-27(34)13-8-22/h5-17H,18-20H2,1-4H3/b24-15+,25-16+. The molecule has 2 aliphatic rings. The van der Waals surface area contributed by atoms with E-state index in [1.807, 2.05) is 33.8 Å². The Morgan fingerprint density at radius 1 is 0.737 bits per heavy atom. The zero-order chi connectivity index (χ0) is 27.2. The molecule has 3 aromatic rings. The number of rotatable bonds is 4. The van der Waals surface area contributed by atoms with Crippen molar-refractivity contribution in [3.63, 3.8) is 0 Å². The maximum Gasteiger partial charge on any atom is 0.187 e. The van der Waals surface area contributed by atoms with E-state index in [0.717, 1.165) is 27.8 Å². The molecule has 195 valence electrons. The van der Waals surface area contributed by atoms with Crippen molar-refractivity contribution in [2.75, 3.05) is 13.1 Å². The largest absolute Gasteiger partial charge is 0.290 e. The van der Waals surface area contributed by atoms with Gasteiger partial charge in [-0.15, -0.1) is 10.3 Å². The van der Waals surface area contributed by atoms with Gasteiger partial charge in [-0.25, -0.2) is 8.78 Å². The molecule has 5 rings (SSSR count). The number of ketones is 1. The molecule has 0 saturated carbocycles. The number of hydrogen-bond acceptors (Lipinski definition) is 3. The minimum Gasteiger partial charge on any atom is -0.290 e.